The molecule has 0 saturated heterocycles. The number of pyridine rings is 2. The zero-order chi connectivity index (χ0) is 15.7. The van der Waals surface area contributed by atoms with Crippen molar-refractivity contribution in [2.24, 2.45) is 0 Å². The fourth-order valence-electron chi connectivity index (χ4n) is 2.20. The Bertz CT molecular complexity index is 880. The second-order valence-corrected chi connectivity index (χ2v) is 5.24. The van der Waals surface area contributed by atoms with Crippen molar-refractivity contribution in [3.05, 3.63) is 58.9 Å². The van der Waals surface area contributed by atoms with Crippen LogP contribution in [0.5, 0.6) is 0 Å². The molecule has 3 aromatic rings. The van der Waals surface area contributed by atoms with Gasteiger partial charge in [-0.1, -0.05) is 23.7 Å². The number of carboxylic acid groups (broad SMARTS) is 1. The molecule has 1 aromatic carbocycles. The summed E-state index contributed by atoms with van der Waals surface area (Å²) in [5, 5.41) is 12.8. The molecule has 0 radical (unpaired) electrons. The van der Waals surface area contributed by atoms with Crippen LogP contribution >= 0.6 is 11.6 Å². The van der Waals surface area contributed by atoms with E-state index >= 15 is 0 Å². The lowest BCUT2D eigenvalue weighted by molar-refractivity contribution is 0.0697. The molecule has 0 atom stereocenters. The summed E-state index contributed by atoms with van der Waals surface area (Å²) in [5.41, 5.74) is 3.26. The summed E-state index contributed by atoms with van der Waals surface area (Å²) in [6.45, 7) is 1.96. The van der Waals surface area contributed by atoms with Gasteiger partial charge in [-0.25, -0.2) is 9.78 Å². The van der Waals surface area contributed by atoms with E-state index in [9.17, 15) is 9.90 Å². The van der Waals surface area contributed by atoms with E-state index in [0.29, 0.717) is 16.7 Å². The van der Waals surface area contributed by atoms with Crippen LogP contribution in [0.2, 0.25) is 5.15 Å². The number of hydrogen-bond acceptors (Lipinski definition) is 4. The van der Waals surface area contributed by atoms with Gasteiger partial charge in [-0.2, -0.15) is 0 Å². The first-order valence-corrected chi connectivity index (χ1v) is 6.94. The number of nitrogens with zero attached hydrogens (tertiary/aromatic N) is 2. The molecule has 22 heavy (non-hydrogen) atoms. The topological polar surface area (TPSA) is 75.1 Å². The average Bonchev–Trinajstić information content (AvgIpc) is 2.47. The van der Waals surface area contributed by atoms with Crippen LogP contribution in [-0.4, -0.2) is 21.0 Å². The minimum absolute atomic E-state index is 0.0452. The quantitative estimate of drug-likeness (QED) is 0.714. The molecule has 5 nitrogen and oxygen atoms in total. The number of halogens is 1. The van der Waals surface area contributed by atoms with Crippen molar-refractivity contribution in [2.45, 2.75) is 6.92 Å². The van der Waals surface area contributed by atoms with Gasteiger partial charge in [0.15, 0.2) is 0 Å². The molecule has 0 aliphatic rings. The number of benzene rings is 1. The highest BCUT2D eigenvalue weighted by Gasteiger charge is 2.16. The molecule has 2 N–H and O–H groups in total. The summed E-state index contributed by atoms with van der Waals surface area (Å²) in [6.07, 6.45) is 1.32. The molecule has 0 spiro atoms. The molecule has 0 saturated carbocycles. The largest absolute Gasteiger partial charge is 0.478 e. The van der Waals surface area contributed by atoms with Crippen LogP contribution in [0.1, 0.15) is 15.9 Å². The van der Waals surface area contributed by atoms with Crippen LogP contribution in [0.25, 0.3) is 11.0 Å². The fourth-order valence-corrected chi connectivity index (χ4v) is 2.35. The molecule has 0 aliphatic heterocycles. The second-order valence-electron chi connectivity index (χ2n) is 4.85. The maximum absolute atomic E-state index is 11.5. The number of aryl methyl sites for hydroxylation is 1. The third-order valence-corrected chi connectivity index (χ3v) is 3.41. The SMILES string of the molecule is Cc1cccc(Nc2c(C(=O)O)cnc3ccc(Cl)nc23)c1. The molecule has 6 heteroatoms. The number of carbonyl (C=O) groups is 1. The van der Waals surface area contributed by atoms with Crippen LogP contribution in [0.15, 0.2) is 42.6 Å². The Morgan fingerprint density at radius 1 is 1.27 bits per heavy atom. The van der Waals surface area contributed by atoms with Gasteiger partial charge in [-0.05, 0) is 36.8 Å². The molecule has 0 unspecified atom stereocenters. The van der Waals surface area contributed by atoms with Gasteiger partial charge in [0, 0.05) is 11.9 Å². The van der Waals surface area contributed by atoms with Crippen molar-refractivity contribution >= 4 is 40.0 Å². The van der Waals surface area contributed by atoms with E-state index in [4.69, 9.17) is 11.6 Å². The first-order chi connectivity index (χ1) is 10.5. The van der Waals surface area contributed by atoms with Crippen LogP contribution in [0.4, 0.5) is 11.4 Å². The molecule has 0 bridgehead atoms. The number of nitrogens with one attached hydrogen (secondary N) is 1. The lowest BCUT2D eigenvalue weighted by Gasteiger charge is -2.12. The second kappa shape index (κ2) is 5.61. The van der Waals surface area contributed by atoms with Crippen molar-refractivity contribution < 1.29 is 9.90 Å². The molecule has 0 amide bonds. The zero-order valence-electron chi connectivity index (χ0n) is 11.7. The van der Waals surface area contributed by atoms with E-state index in [0.717, 1.165) is 11.3 Å². The van der Waals surface area contributed by atoms with Gasteiger partial charge in [0.2, 0.25) is 0 Å². The van der Waals surface area contributed by atoms with E-state index in [2.05, 4.69) is 15.3 Å². The van der Waals surface area contributed by atoms with Gasteiger partial charge in [0.1, 0.15) is 16.2 Å². The van der Waals surface area contributed by atoms with Gasteiger partial charge >= 0.3 is 5.97 Å². The number of hydrogen-bond donors (Lipinski definition) is 2. The maximum Gasteiger partial charge on any atom is 0.339 e. The normalized spacial score (nSPS) is 10.6. The van der Waals surface area contributed by atoms with Crippen molar-refractivity contribution in [3.8, 4) is 0 Å². The number of anilines is 2. The molecular weight excluding hydrogens is 302 g/mol. The van der Waals surface area contributed by atoms with Crippen molar-refractivity contribution in [1.29, 1.82) is 0 Å². The molecule has 0 fully saturated rings. The van der Waals surface area contributed by atoms with E-state index in [1.165, 1.54) is 6.20 Å². The lowest BCUT2D eigenvalue weighted by atomic mass is 10.1. The summed E-state index contributed by atoms with van der Waals surface area (Å²) in [4.78, 5) is 19.8. The van der Waals surface area contributed by atoms with Gasteiger partial charge < -0.3 is 10.4 Å². The van der Waals surface area contributed by atoms with Crippen LogP contribution in [0.3, 0.4) is 0 Å². The average molecular weight is 314 g/mol. The summed E-state index contributed by atoms with van der Waals surface area (Å²) in [7, 11) is 0. The van der Waals surface area contributed by atoms with E-state index in [1.54, 1.807) is 12.1 Å². The van der Waals surface area contributed by atoms with Crippen LogP contribution in [0, 0.1) is 6.92 Å². The summed E-state index contributed by atoms with van der Waals surface area (Å²) in [6, 6.07) is 11.0. The van der Waals surface area contributed by atoms with Crippen LogP contribution < -0.4 is 5.32 Å². The minimum Gasteiger partial charge on any atom is -0.478 e. The summed E-state index contributed by atoms with van der Waals surface area (Å²) in [5.74, 6) is -1.08. The monoisotopic (exact) mass is 313 g/mol. The van der Waals surface area contributed by atoms with Crippen LogP contribution in [-0.2, 0) is 0 Å². The first-order valence-electron chi connectivity index (χ1n) is 6.57. The minimum atomic E-state index is -1.08. The predicted octanol–water partition coefficient (Wildman–Crippen LogP) is 4.03. The summed E-state index contributed by atoms with van der Waals surface area (Å²) >= 11 is 5.94. The molecule has 110 valence electrons. The van der Waals surface area contributed by atoms with E-state index < -0.39 is 5.97 Å². The van der Waals surface area contributed by atoms with E-state index in [-0.39, 0.29) is 10.7 Å². The Morgan fingerprint density at radius 2 is 2.09 bits per heavy atom. The third-order valence-electron chi connectivity index (χ3n) is 3.20. The molecule has 0 aliphatic carbocycles. The Hall–Kier alpha value is -2.66. The number of aromatic carboxylic acids is 1. The highest BCUT2D eigenvalue weighted by atomic mass is 35.5. The standard InChI is InChI=1S/C16H12ClN3O2/c1-9-3-2-4-10(7-9)19-14-11(16(21)22)8-18-12-5-6-13(17)20-15(12)14/h2-8H,1H3,(H,18,19)(H,21,22). The third kappa shape index (κ3) is 2.71. The highest BCUT2D eigenvalue weighted by Crippen LogP contribution is 2.29. The predicted molar refractivity (Wildman–Crippen MR) is 86.0 cm³/mol. The Morgan fingerprint density at radius 3 is 2.82 bits per heavy atom. The zero-order valence-corrected chi connectivity index (χ0v) is 12.4. The van der Waals surface area contributed by atoms with Crippen molar-refractivity contribution in [2.75, 3.05) is 5.32 Å². The number of carboxylic acids is 1. The van der Waals surface area contributed by atoms with Gasteiger partial charge in [0.05, 0.1) is 11.2 Å². The smallest absolute Gasteiger partial charge is 0.339 e. The van der Waals surface area contributed by atoms with Gasteiger partial charge in [-0.3, -0.25) is 4.98 Å². The summed E-state index contributed by atoms with van der Waals surface area (Å²) < 4.78 is 0. The van der Waals surface area contributed by atoms with Gasteiger partial charge in [0.25, 0.3) is 0 Å². The van der Waals surface area contributed by atoms with Crippen molar-refractivity contribution in [3.63, 3.8) is 0 Å². The number of fused-ring (bicyclic) bond motifs is 1. The first kappa shape index (κ1) is 14.3. The van der Waals surface area contributed by atoms with Crippen molar-refractivity contribution in [1.82, 2.24) is 9.97 Å². The molecular formula is C16H12ClN3O2. The molecule has 2 aromatic heterocycles. The fraction of sp³-hybridized carbons (Fsp3) is 0.0625. The molecule has 2 heterocycles. The number of rotatable bonds is 3. The van der Waals surface area contributed by atoms with Gasteiger partial charge in [-0.15, -0.1) is 0 Å². The Balaban J connectivity index is 2.22. The lowest BCUT2D eigenvalue weighted by Crippen LogP contribution is -2.05. The maximum atomic E-state index is 11.5. The van der Waals surface area contributed by atoms with E-state index in [1.807, 2.05) is 31.2 Å². The Labute approximate surface area is 131 Å². The highest BCUT2D eigenvalue weighted by molar-refractivity contribution is 6.30. The Kier molecular flexibility index (Phi) is 3.65. The number of aromatic nitrogens is 2. The molecule has 3 rings (SSSR count).